The van der Waals surface area contributed by atoms with E-state index in [4.69, 9.17) is 19.3 Å². The van der Waals surface area contributed by atoms with Gasteiger partial charge in [-0.25, -0.2) is 0 Å². The molecule has 0 amide bonds. The fourth-order valence-electron chi connectivity index (χ4n) is 4.30. The number of hydrogen-bond donors (Lipinski definition) is 1. The number of ether oxygens (including phenoxy) is 3. The largest absolute Gasteiger partial charge is 0.454 e. The van der Waals surface area contributed by atoms with Crippen LogP contribution in [0.4, 0.5) is 5.82 Å². The molecular formula is C23H34N4O3. The first-order chi connectivity index (χ1) is 14.4. The maximum atomic E-state index is 5.57. The summed E-state index contributed by atoms with van der Waals surface area (Å²) in [6, 6.07) is 6.25. The Kier molecular flexibility index (Phi) is 5.93. The summed E-state index contributed by atoms with van der Waals surface area (Å²) in [5.74, 6) is 3.26. The second kappa shape index (κ2) is 8.47. The third kappa shape index (κ3) is 4.14. The number of aryl methyl sites for hydroxylation is 1. The predicted octanol–water partition coefficient (Wildman–Crippen LogP) is 3.18. The van der Waals surface area contributed by atoms with Crippen molar-refractivity contribution in [2.75, 3.05) is 44.5 Å². The molecule has 1 aromatic heterocycles. The van der Waals surface area contributed by atoms with Crippen molar-refractivity contribution >= 4 is 5.82 Å². The van der Waals surface area contributed by atoms with Gasteiger partial charge >= 0.3 is 0 Å². The molecule has 0 bridgehead atoms. The number of benzene rings is 1. The van der Waals surface area contributed by atoms with Gasteiger partial charge in [-0.05, 0) is 23.6 Å². The highest BCUT2D eigenvalue weighted by Gasteiger charge is 2.27. The highest BCUT2D eigenvalue weighted by Crippen LogP contribution is 2.36. The van der Waals surface area contributed by atoms with Crippen LogP contribution >= 0.6 is 0 Å². The summed E-state index contributed by atoms with van der Waals surface area (Å²) in [5, 5.41) is 8.57. The molecule has 164 valence electrons. The second-order valence-corrected chi connectivity index (χ2v) is 9.12. The molecule has 1 aromatic carbocycles. The van der Waals surface area contributed by atoms with Crippen molar-refractivity contribution in [3.8, 4) is 11.5 Å². The number of fused-ring (bicyclic) bond motifs is 1. The van der Waals surface area contributed by atoms with Gasteiger partial charge in [0.15, 0.2) is 11.5 Å². The normalized spacial score (nSPS) is 16.5. The van der Waals surface area contributed by atoms with Gasteiger partial charge in [0.2, 0.25) is 6.79 Å². The minimum absolute atomic E-state index is 0.0414. The first-order valence-corrected chi connectivity index (χ1v) is 10.9. The van der Waals surface area contributed by atoms with Crippen molar-refractivity contribution in [3.63, 3.8) is 0 Å². The number of rotatable bonds is 7. The van der Waals surface area contributed by atoms with Crippen molar-refractivity contribution in [1.29, 1.82) is 0 Å². The Balaban J connectivity index is 1.50. The minimum atomic E-state index is -0.0414. The molecular weight excluding hydrogens is 380 g/mol. The van der Waals surface area contributed by atoms with Crippen molar-refractivity contribution < 1.29 is 14.2 Å². The quantitative estimate of drug-likeness (QED) is 0.751. The molecule has 0 radical (unpaired) electrons. The van der Waals surface area contributed by atoms with Crippen molar-refractivity contribution in [2.24, 2.45) is 7.05 Å². The van der Waals surface area contributed by atoms with Crippen LogP contribution in [0.5, 0.6) is 11.5 Å². The van der Waals surface area contributed by atoms with Crippen LogP contribution < -0.4 is 19.7 Å². The molecule has 30 heavy (non-hydrogen) atoms. The van der Waals surface area contributed by atoms with Crippen LogP contribution in [-0.4, -0.2) is 49.4 Å². The maximum Gasteiger partial charge on any atom is 0.231 e. The van der Waals surface area contributed by atoms with Crippen LogP contribution in [0.2, 0.25) is 0 Å². The van der Waals surface area contributed by atoms with Gasteiger partial charge in [0, 0.05) is 44.2 Å². The number of aromatic nitrogens is 2. The summed E-state index contributed by atoms with van der Waals surface area (Å²) in [4.78, 5) is 2.41. The van der Waals surface area contributed by atoms with Crippen LogP contribution in [-0.2, 0) is 23.7 Å². The van der Waals surface area contributed by atoms with Gasteiger partial charge in [-0.2, -0.15) is 5.10 Å². The fraction of sp³-hybridized carbons (Fsp3) is 0.609. The maximum absolute atomic E-state index is 5.57. The lowest BCUT2D eigenvalue weighted by Crippen LogP contribution is -2.38. The molecule has 4 rings (SSSR count). The zero-order chi connectivity index (χ0) is 21.3. The van der Waals surface area contributed by atoms with Gasteiger partial charge < -0.3 is 24.4 Å². The molecule has 1 saturated heterocycles. The van der Waals surface area contributed by atoms with Crippen LogP contribution in [0, 0.1) is 0 Å². The van der Waals surface area contributed by atoms with Crippen molar-refractivity contribution in [3.05, 3.63) is 35.0 Å². The lowest BCUT2D eigenvalue weighted by atomic mass is 9.84. The zero-order valence-corrected chi connectivity index (χ0v) is 18.8. The van der Waals surface area contributed by atoms with Crippen LogP contribution in [0.15, 0.2) is 18.2 Å². The average molecular weight is 415 g/mol. The summed E-state index contributed by atoms with van der Waals surface area (Å²) in [5.41, 5.74) is 3.67. The minimum Gasteiger partial charge on any atom is -0.454 e. The smallest absolute Gasteiger partial charge is 0.231 e. The number of nitrogens with zero attached hydrogens (tertiary/aromatic N) is 3. The van der Waals surface area contributed by atoms with E-state index < -0.39 is 0 Å². The van der Waals surface area contributed by atoms with Gasteiger partial charge in [0.05, 0.1) is 18.9 Å². The van der Waals surface area contributed by atoms with Gasteiger partial charge in [0.1, 0.15) is 5.82 Å². The van der Waals surface area contributed by atoms with E-state index in [1.165, 1.54) is 22.6 Å². The molecule has 0 atom stereocenters. The van der Waals surface area contributed by atoms with Gasteiger partial charge in [-0.15, -0.1) is 0 Å². The van der Waals surface area contributed by atoms with Crippen LogP contribution in [0.25, 0.3) is 0 Å². The van der Waals surface area contributed by atoms with E-state index in [0.29, 0.717) is 12.7 Å². The Morgan fingerprint density at radius 2 is 1.87 bits per heavy atom. The number of morpholine rings is 1. The van der Waals surface area contributed by atoms with Gasteiger partial charge in [-0.1, -0.05) is 33.8 Å². The van der Waals surface area contributed by atoms with Gasteiger partial charge in [-0.3, -0.25) is 4.68 Å². The Labute approximate surface area is 179 Å². The average Bonchev–Trinajstić information content (AvgIpc) is 3.32. The van der Waals surface area contributed by atoms with E-state index in [9.17, 15) is 0 Å². The number of nitrogens with one attached hydrogen (secondary N) is 1. The summed E-state index contributed by atoms with van der Waals surface area (Å²) in [6.07, 6.45) is 0. The molecule has 2 aliphatic rings. The zero-order valence-electron chi connectivity index (χ0n) is 18.8. The highest BCUT2D eigenvalue weighted by atomic mass is 16.7. The van der Waals surface area contributed by atoms with Gasteiger partial charge in [0.25, 0.3) is 0 Å². The summed E-state index contributed by atoms with van der Waals surface area (Å²) in [7, 11) is 2.05. The van der Waals surface area contributed by atoms with Crippen molar-refractivity contribution in [1.82, 2.24) is 15.1 Å². The molecule has 0 unspecified atom stereocenters. The lowest BCUT2D eigenvalue weighted by molar-refractivity contribution is 0.122. The topological polar surface area (TPSA) is 60.8 Å². The Morgan fingerprint density at radius 3 is 2.60 bits per heavy atom. The number of hydrogen-bond acceptors (Lipinski definition) is 6. The molecule has 7 heteroatoms. The van der Waals surface area contributed by atoms with E-state index >= 15 is 0 Å². The summed E-state index contributed by atoms with van der Waals surface area (Å²) in [6.45, 7) is 14.2. The first kappa shape index (κ1) is 21.0. The Morgan fingerprint density at radius 1 is 1.13 bits per heavy atom. The highest BCUT2D eigenvalue weighted by molar-refractivity contribution is 5.52. The Hall–Kier alpha value is -2.25. The monoisotopic (exact) mass is 414 g/mol. The molecule has 0 saturated carbocycles. The predicted molar refractivity (Wildman–Crippen MR) is 118 cm³/mol. The number of anilines is 1. The summed E-state index contributed by atoms with van der Waals surface area (Å²) < 4.78 is 18.6. The fourth-order valence-corrected chi connectivity index (χ4v) is 4.30. The van der Waals surface area contributed by atoms with Crippen LogP contribution in [0.3, 0.4) is 0 Å². The third-order valence-electron chi connectivity index (χ3n) is 6.02. The Bertz CT molecular complexity index is 885. The molecule has 2 aromatic rings. The molecule has 0 spiro atoms. The SMILES string of the molecule is CC(C)c1nn(C)c(N2CCOCC2)c1CNCC(C)(C)c1ccc2c(c1)OCO2. The van der Waals surface area contributed by atoms with Crippen molar-refractivity contribution in [2.45, 2.75) is 45.6 Å². The molecule has 3 heterocycles. The second-order valence-electron chi connectivity index (χ2n) is 9.12. The molecule has 1 N–H and O–H groups in total. The van der Waals surface area contributed by atoms with E-state index in [2.05, 4.69) is 57.1 Å². The molecule has 2 aliphatic heterocycles. The molecule has 7 nitrogen and oxygen atoms in total. The molecule has 0 aliphatic carbocycles. The standard InChI is InChI=1S/C23H34N4O3/c1-16(2)21-18(22(26(5)25-21)27-8-10-28-11-9-27)13-24-14-23(3,4)17-6-7-19-20(12-17)30-15-29-19/h6-7,12,16,24H,8-11,13-15H2,1-5H3. The third-order valence-corrected chi connectivity index (χ3v) is 6.02. The van der Waals surface area contributed by atoms with E-state index in [-0.39, 0.29) is 5.41 Å². The first-order valence-electron chi connectivity index (χ1n) is 10.9. The van der Waals surface area contributed by atoms with Crippen LogP contribution in [0.1, 0.15) is 50.4 Å². The summed E-state index contributed by atoms with van der Waals surface area (Å²) >= 11 is 0. The van der Waals surface area contributed by atoms with E-state index in [1.807, 2.05) is 10.7 Å². The molecule has 1 fully saturated rings. The van der Waals surface area contributed by atoms with E-state index in [1.54, 1.807) is 0 Å². The lowest BCUT2D eigenvalue weighted by Gasteiger charge is -2.30. The van der Waals surface area contributed by atoms with E-state index in [0.717, 1.165) is 50.9 Å².